The highest BCUT2D eigenvalue weighted by Crippen LogP contribution is 2.31. The lowest BCUT2D eigenvalue weighted by Gasteiger charge is -2.28. The lowest BCUT2D eigenvalue weighted by atomic mass is 10.2. The van der Waals surface area contributed by atoms with E-state index in [0.29, 0.717) is 19.0 Å². The van der Waals surface area contributed by atoms with Gasteiger partial charge >= 0.3 is 0 Å². The number of hydrogen-bond acceptors (Lipinski definition) is 9. The number of morpholine rings is 1. The number of nitrogens with one attached hydrogen (secondary N) is 2. The zero-order valence-electron chi connectivity index (χ0n) is 19.5. The second kappa shape index (κ2) is 11.1. The van der Waals surface area contributed by atoms with Gasteiger partial charge in [-0.1, -0.05) is 24.3 Å². The third-order valence-corrected chi connectivity index (χ3v) is 6.89. The summed E-state index contributed by atoms with van der Waals surface area (Å²) in [5.74, 6) is 0.305. The minimum absolute atomic E-state index is 0.0733. The van der Waals surface area contributed by atoms with Gasteiger partial charge in [-0.15, -0.1) is 0 Å². The van der Waals surface area contributed by atoms with Crippen molar-refractivity contribution < 1.29 is 22.8 Å². The monoisotopic (exact) mass is 511 g/mol. The fourth-order valence-electron chi connectivity index (χ4n) is 3.64. The highest BCUT2D eigenvalue weighted by Gasteiger charge is 2.23. The molecule has 1 aliphatic rings. The average Bonchev–Trinajstić information content (AvgIpc) is 2.89. The maximum absolute atomic E-state index is 13.2. The molecule has 4 rings (SSSR count). The molecule has 2 N–H and O–H groups in total. The average molecular weight is 512 g/mol. The largest absolute Gasteiger partial charge is 0.495 e. The van der Waals surface area contributed by atoms with Crippen LogP contribution in [0.2, 0.25) is 0 Å². The molecule has 12 heteroatoms. The van der Waals surface area contributed by atoms with Crippen molar-refractivity contribution in [1.82, 2.24) is 0 Å². The van der Waals surface area contributed by atoms with Crippen LogP contribution in [-0.2, 0) is 14.8 Å². The van der Waals surface area contributed by atoms with Gasteiger partial charge in [0.25, 0.3) is 15.7 Å². The van der Waals surface area contributed by atoms with Gasteiger partial charge < -0.3 is 14.4 Å². The van der Waals surface area contributed by atoms with Crippen molar-refractivity contribution in [3.8, 4) is 5.75 Å². The topological polar surface area (TPSA) is 135 Å². The summed E-state index contributed by atoms with van der Waals surface area (Å²) in [6, 6.07) is 17.7. The van der Waals surface area contributed by atoms with Gasteiger partial charge in [-0.3, -0.25) is 20.3 Å². The number of hydrogen-bond donors (Lipinski definition) is 2. The van der Waals surface area contributed by atoms with Crippen molar-refractivity contribution >= 4 is 39.0 Å². The number of sulfonamides is 1. The van der Waals surface area contributed by atoms with Crippen LogP contribution >= 0.6 is 0 Å². The Hall–Kier alpha value is -4.16. The smallest absolute Gasteiger partial charge is 0.270 e. The number of non-ortho nitro benzene ring substituents is 1. The van der Waals surface area contributed by atoms with E-state index in [1.165, 1.54) is 31.5 Å². The first-order valence-corrected chi connectivity index (χ1v) is 12.5. The van der Waals surface area contributed by atoms with Crippen LogP contribution in [0.25, 0.3) is 0 Å². The lowest BCUT2D eigenvalue weighted by Crippen LogP contribution is -2.36. The van der Waals surface area contributed by atoms with Crippen LogP contribution in [0.4, 0.5) is 22.7 Å². The molecule has 0 unspecified atom stereocenters. The molecular weight excluding hydrogens is 486 g/mol. The molecule has 11 nitrogen and oxygen atoms in total. The Morgan fingerprint density at radius 2 is 1.78 bits per heavy atom. The number of para-hydroxylation sites is 2. The first-order chi connectivity index (χ1) is 17.4. The summed E-state index contributed by atoms with van der Waals surface area (Å²) in [5, 5.41) is 15.4. The van der Waals surface area contributed by atoms with E-state index in [1.54, 1.807) is 18.2 Å². The molecule has 3 aromatic rings. The number of ether oxygens (including phenoxy) is 2. The van der Waals surface area contributed by atoms with Gasteiger partial charge in [0, 0.05) is 30.9 Å². The van der Waals surface area contributed by atoms with Crippen molar-refractivity contribution in [2.45, 2.75) is 4.90 Å². The number of hydrazone groups is 1. The molecule has 0 spiro atoms. The SMILES string of the molecule is COc1ccccc1NS(=O)(=O)c1cc([N+](=O)[O-])ccc1NN=Cc1ccc(N2CCOCC2)cc1. The van der Waals surface area contributed by atoms with E-state index in [9.17, 15) is 18.5 Å². The molecule has 0 amide bonds. The Morgan fingerprint density at radius 3 is 2.47 bits per heavy atom. The summed E-state index contributed by atoms with van der Waals surface area (Å²) in [6.07, 6.45) is 1.54. The zero-order chi connectivity index (χ0) is 25.5. The molecule has 1 saturated heterocycles. The number of anilines is 3. The Morgan fingerprint density at radius 1 is 1.06 bits per heavy atom. The Labute approximate surface area is 208 Å². The second-order valence-electron chi connectivity index (χ2n) is 7.80. The fraction of sp³-hybridized carbons (Fsp3) is 0.208. The molecule has 0 radical (unpaired) electrons. The number of nitro benzene ring substituents is 1. The first-order valence-electron chi connectivity index (χ1n) is 11.0. The number of rotatable bonds is 9. The Bertz CT molecular complexity index is 1360. The molecule has 0 saturated carbocycles. The van der Waals surface area contributed by atoms with Crippen molar-refractivity contribution in [3.63, 3.8) is 0 Å². The van der Waals surface area contributed by atoms with Crippen LogP contribution in [0.5, 0.6) is 5.75 Å². The summed E-state index contributed by atoms with van der Waals surface area (Å²) in [7, 11) is -2.82. The van der Waals surface area contributed by atoms with E-state index in [0.717, 1.165) is 30.4 Å². The number of nitrogens with zero attached hydrogens (tertiary/aromatic N) is 3. The number of nitro groups is 1. The van der Waals surface area contributed by atoms with Gasteiger partial charge in [0.2, 0.25) is 0 Å². The van der Waals surface area contributed by atoms with Crippen molar-refractivity contribution in [1.29, 1.82) is 0 Å². The molecule has 0 aliphatic carbocycles. The van der Waals surface area contributed by atoms with Gasteiger partial charge in [0.05, 0.1) is 42.8 Å². The Balaban J connectivity index is 1.55. The number of benzene rings is 3. The Kier molecular flexibility index (Phi) is 7.66. The van der Waals surface area contributed by atoms with E-state index < -0.39 is 14.9 Å². The molecule has 3 aromatic carbocycles. The fourth-order valence-corrected chi connectivity index (χ4v) is 4.88. The van der Waals surface area contributed by atoms with Crippen molar-refractivity contribution in [2.24, 2.45) is 5.10 Å². The van der Waals surface area contributed by atoms with Gasteiger partial charge in [0.1, 0.15) is 10.6 Å². The van der Waals surface area contributed by atoms with Gasteiger partial charge in [-0.25, -0.2) is 8.42 Å². The van der Waals surface area contributed by atoms with Gasteiger partial charge in [-0.2, -0.15) is 5.10 Å². The van der Waals surface area contributed by atoms with Crippen LogP contribution in [0, 0.1) is 10.1 Å². The van der Waals surface area contributed by atoms with E-state index >= 15 is 0 Å². The molecular formula is C24H25N5O6S. The predicted molar refractivity (Wildman–Crippen MR) is 138 cm³/mol. The summed E-state index contributed by atoms with van der Waals surface area (Å²) in [4.78, 5) is 12.5. The molecule has 1 fully saturated rings. The third-order valence-electron chi connectivity index (χ3n) is 5.48. The first kappa shape index (κ1) is 24.9. The standard InChI is InChI=1S/C24H25N5O6S/c1-34-23-5-3-2-4-21(23)27-36(32,33)24-16-20(29(30)31)10-11-22(24)26-25-17-18-6-8-19(9-7-18)28-12-14-35-15-13-28/h2-11,16-17,26-27H,12-15H2,1H3. The molecule has 188 valence electrons. The predicted octanol–water partition coefficient (Wildman–Crippen LogP) is 3.69. The molecule has 1 heterocycles. The van der Waals surface area contributed by atoms with E-state index in [4.69, 9.17) is 9.47 Å². The quantitative estimate of drug-likeness (QED) is 0.252. The molecule has 0 aromatic heterocycles. The van der Waals surface area contributed by atoms with Crippen LogP contribution < -0.4 is 19.8 Å². The van der Waals surface area contributed by atoms with Crippen molar-refractivity contribution in [3.05, 3.63) is 82.4 Å². The minimum Gasteiger partial charge on any atom is -0.495 e. The van der Waals surface area contributed by atoms with Crippen molar-refractivity contribution in [2.75, 3.05) is 48.5 Å². The van der Waals surface area contributed by atoms with Gasteiger partial charge in [-0.05, 0) is 35.9 Å². The molecule has 0 atom stereocenters. The van der Waals surface area contributed by atoms with E-state index in [-0.39, 0.29) is 22.0 Å². The zero-order valence-corrected chi connectivity index (χ0v) is 20.3. The van der Waals surface area contributed by atoms with E-state index in [1.807, 2.05) is 24.3 Å². The third kappa shape index (κ3) is 5.90. The minimum atomic E-state index is -4.23. The highest BCUT2D eigenvalue weighted by molar-refractivity contribution is 7.93. The van der Waals surface area contributed by atoms with Crippen LogP contribution in [0.1, 0.15) is 5.56 Å². The van der Waals surface area contributed by atoms with Crippen LogP contribution in [0.3, 0.4) is 0 Å². The summed E-state index contributed by atoms with van der Waals surface area (Å²) in [5.41, 5.74) is 4.46. The molecule has 0 bridgehead atoms. The van der Waals surface area contributed by atoms with E-state index in [2.05, 4.69) is 20.1 Å². The second-order valence-corrected chi connectivity index (χ2v) is 9.46. The highest BCUT2D eigenvalue weighted by atomic mass is 32.2. The summed E-state index contributed by atoms with van der Waals surface area (Å²) in [6.45, 7) is 3.05. The normalized spacial score (nSPS) is 14.0. The summed E-state index contributed by atoms with van der Waals surface area (Å²) < 4.78 is 39.4. The van der Waals surface area contributed by atoms with Gasteiger partial charge in [0.15, 0.2) is 0 Å². The maximum atomic E-state index is 13.2. The van der Waals surface area contributed by atoms with Crippen LogP contribution in [0.15, 0.2) is 76.7 Å². The lowest BCUT2D eigenvalue weighted by molar-refractivity contribution is -0.385. The maximum Gasteiger partial charge on any atom is 0.270 e. The molecule has 36 heavy (non-hydrogen) atoms. The number of methoxy groups -OCH3 is 1. The van der Waals surface area contributed by atoms with Crippen LogP contribution in [-0.4, -0.2) is 53.0 Å². The molecule has 1 aliphatic heterocycles. The summed E-state index contributed by atoms with van der Waals surface area (Å²) >= 11 is 0.